The SMILES string of the molecule is C=CCN1CCC(c2cccc(F)c2Cl)CC1.CCN1CCC(c2cccc(C(F)(F)F)c2C)CC1.CCN1CCC(c2cccc(C(F)(F)F)c2F)CC1.CCN1CCC(c2cccc(F)c2Cl)CC1. The monoisotopic (exact) mass is 1040 g/mol. The minimum Gasteiger partial charge on any atom is -0.304 e. The van der Waals surface area contributed by atoms with Crippen LogP contribution in [0.15, 0.2) is 85.5 Å². The topological polar surface area (TPSA) is 13.0 Å². The third-order valence-electron chi connectivity index (χ3n) is 14.8. The molecule has 0 aliphatic carbocycles. The average Bonchev–Trinajstić information content (AvgIpc) is 3.36. The molecule has 4 aromatic carbocycles. The zero-order valence-electron chi connectivity index (χ0n) is 41.6. The zero-order chi connectivity index (χ0) is 51.9. The number of hydrogen-bond acceptors (Lipinski definition) is 4. The van der Waals surface area contributed by atoms with Gasteiger partial charge in [-0.1, -0.05) is 98.6 Å². The van der Waals surface area contributed by atoms with Crippen LogP contribution in [-0.2, 0) is 12.4 Å². The van der Waals surface area contributed by atoms with E-state index in [4.69, 9.17) is 23.2 Å². The summed E-state index contributed by atoms with van der Waals surface area (Å²) < 4.78 is 117. The van der Waals surface area contributed by atoms with Crippen molar-refractivity contribution in [3.63, 3.8) is 0 Å². The number of alkyl halides is 6. The Morgan fingerprint density at radius 3 is 1.15 bits per heavy atom. The van der Waals surface area contributed by atoms with Gasteiger partial charge in [-0.2, -0.15) is 26.3 Å². The molecule has 8 rings (SSSR count). The molecule has 0 atom stereocenters. The molecule has 4 nitrogen and oxygen atoms in total. The minimum absolute atomic E-state index is 0.106. The largest absolute Gasteiger partial charge is 0.419 e. The molecule has 0 radical (unpaired) electrons. The first-order valence-electron chi connectivity index (χ1n) is 25.2. The highest BCUT2D eigenvalue weighted by atomic mass is 35.5. The molecular weight excluding hydrogens is 971 g/mol. The first kappa shape index (κ1) is 58.3. The standard InChI is InChI=1S/C15H20F3N.C14H17ClFN.C14H17F4N.C13H17ClFN/c1-3-19-9-7-12(8-10-19)13-5-4-6-14(11(13)2)15(16,17)18;1-2-8-17-9-6-11(7-10-17)12-4-3-5-13(16)14(12)15;1-2-19-8-6-10(7-9-19)11-4-3-5-12(13(11)15)14(16,17)18;1-2-16-8-6-10(7-9-16)11-4-3-5-12(15)13(11)14/h4-6,12H,3,7-10H2,1-2H3;2-5,11H,1,6-10H2;3-5,10H,2,6-9H2,1H3;3-5,10H,2,6-9H2,1H3. The zero-order valence-corrected chi connectivity index (χ0v) is 43.1. The van der Waals surface area contributed by atoms with Crippen molar-refractivity contribution in [2.24, 2.45) is 0 Å². The van der Waals surface area contributed by atoms with E-state index < -0.39 is 29.3 Å². The maximum Gasteiger partial charge on any atom is 0.419 e. The first-order chi connectivity index (χ1) is 33.8. The van der Waals surface area contributed by atoms with Crippen molar-refractivity contribution in [1.82, 2.24) is 19.6 Å². The van der Waals surface area contributed by atoms with Crippen LogP contribution in [0.1, 0.15) is 135 Å². The molecule has 0 bridgehead atoms. The van der Waals surface area contributed by atoms with E-state index in [2.05, 4.69) is 40.0 Å². The summed E-state index contributed by atoms with van der Waals surface area (Å²) >= 11 is 12.0. The van der Waals surface area contributed by atoms with Gasteiger partial charge in [-0.15, -0.1) is 6.58 Å². The van der Waals surface area contributed by atoms with E-state index in [1.165, 1.54) is 36.4 Å². The van der Waals surface area contributed by atoms with Gasteiger partial charge in [0.25, 0.3) is 0 Å². The van der Waals surface area contributed by atoms with E-state index in [1.54, 1.807) is 19.1 Å². The number of rotatable bonds is 9. The Balaban J connectivity index is 0.000000176. The highest BCUT2D eigenvalue weighted by Crippen LogP contribution is 2.40. The van der Waals surface area contributed by atoms with E-state index in [1.807, 2.05) is 31.2 Å². The van der Waals surface area contributed by atoms with Gasteiger partial charge in [0, 0.05) is 6.54 Å². The maximum atomic E-state index is 14.0. The molecule has 4 aromatic rings. The minimum atomic E-state index is -4.62. The Hall–Kier alpha value is -3.59. The smallest absolute Gasteiger partial charge is 0.304 e. The Bertz CT molecular complexity index is 2170. The van der Waals surface area contributed by atoms with Gasteiger partial charge < -0.3 is 14.7 Å². The molecule has 4 aliphatic rings. The van der Waals surface area contributed by atoms with Crippen LogP contribution in [-0.4, -0.2) is 98.1 Å². The van der Waals surface area contributed by atoms with Crippen LogP contribution in [0.25, 0.3) is 0 Å². The molecule has 15 heteroatoms. The average molecular weight is 1040 g/mol. The molecular formula is C56H71Cl2F9N4. The number of nitrogens with zero attached hydrogens (tertiary/aromatic N) is 4. The summed E-state index contributed by atoms with van der Waals surface area (Å²) in [6.45, 7) is 23.5. The molecule has 71 heavy (non-hydrogen) atoms. The summed E-state index contributed by atoms with van der Waals surface area (Å²) in [5.74, 6) is -0.722. The van der Waals surface area contributed by atoms with Crippen molar-refractivity contribution in [2.45, 2.75) is 115 Å². The summed E-state index contributed by atoms with van der Waals surface area (Å²) in [6.07, 6.45) is 0.635. The molecule has 4 saturated heterocycles. The fourth-order valence-electron chi connectivity index (χ4n) is 10.4. The number of hydrogen-bond donors (Lipinski definition) is 0. The van der Waals surface area contributed by atoms with Crippen LogP contribution < -0.4 is 0 Å². The van der Waals surface area contributed by atoms with Gasteiger partial charge >= 0.3 is 12.4 Å². The van der Waals surface area contributed by atoms with Crippen LogP contribution >= 0.6 is 23.2 Å². The highest BCUT2D eigenvalue weighted by Gasteiger charge is 2.37. The summed E-state index contributed by atoms with van der Waals surface area (Å²) in [5, 5.41) is 0.618. The van der Waals surface area contributed by atoms with E-state index >= 15 is 0 Å². The molecule has 0 unspecified atom stereocenters. The van der Waals surface area contributed by atoms with E-state index in [9.17, 15) is 39.5 Å². The normalized spacial score (nSPS) is 18.7. The molecule has 0 saturated carbocycles. The highest BCUT2D eigenvalue weighted by molar-refractivity contribution is 6.31. The molecule has 0 N–H and O–H groups in total. The fraction of sp³-hybridized carbons (Fsp3) is 0.536. The molecule has 4 aliphatic heterocycles. The van der Waals surface area contributed by atoms with Gasteiger partial charge in [0.1, 0.15) is 17.5 Å². The predicted molar refractivity (Wildman–Crippen MR) is 271 cm³/mol. The Kier molecular flexibility index (Phi) is 22.7. The van der Waals surface area contributed by atoms with Crippen molar-refractivity contribution in [3.05, 3.63) is 152 Å². The molecule has 0 aromatic heterocycles. The van der Waals surface area contributed by atoms with E-state index in [-0.39, 0.29) is 29.0 Å². The second kappa shape index (κ2) is 27.6. The lowest BCUT2D eigenvalue weighted by Crippen LogP contribution is -2.33. The molecule has 0 amide bonds. The number of benzene rings is 4. The van der Waals surface area contributed by atoms with Crippen LogP contribution in [0.3, 0.4) is 0 Å². The second-order valence-electron chi connectivity index (χ2n) is 19.0. The van der Waals surface area contributed by atoms with Gasteiger partial charge in [0.15, 0.2) is 0 Å². The van der Waals surface area contributed by atoms with Crippen molar-refractivity contribution in [2.75, 3.05) is 78.5 Å². The quantitative estimate of drug-likeness (QED) is 0.122. The summed E-state index contributed by atoms with van der Waals surface area (Å²) in [4.78, 5) is 9.35. The predicted octanol–water partition coefficient (Wildman–Crippen LogP) is 15.8. The van der Waals surface area contributed by atoms with Crippen LogP contribution in [0, 0.1) is 24.4 Å². The fourth-order valence-corrected chi connectivity index (χ4v) is 11.0. The first-order valence-corrected chi connectivity index (χ1v) is 26.0. The Morgan fingerprint density at radius 2 is 0.789 bits per heavy atom. The van der Waals surface area contributed by atoms with Gasteiger partial charge in [0.2, 0.25) is 0 Å². The van der Waals surface area contributed by atoms with Crippen molar-refractivity contribution < 1.29 is 39.5 Å². The van der Waals surface area contributed by atoms with E-state index in [0.717, 1.165) is 140 Å². The van der Waals surface area contributed by atoms with Crippen LogP contribution in [0.5, 0.6) is 0 Å². The van der Waals surface area contributed by atoms with E-state index in [0.29, 0.717) is 40.3 Å². The van der Waals surface area contributed by atoms with Crippen molar-refractivity contribution >= 4 is 23.2 Å². The lowest BCUT2D eigenvalue weighted by Gasteiger charge is -2.32. The third kappa shape index (κ3) is 16.5. The molecule has 0 spiro atoms. The number of halogens is 11. The summed E-state index contributed by atoms with van der Waals surface area (Å²) in [7, 11) is 0. The Morgan fingerprint density at radius 1 is 0.479 bits per heavy atom. The van der Waals surface area contributed by atoms with Gasteiger partial charge in [-0.3, -0.25) is 4.90 Å². The van der Waals surface area contributed by atoms with Crippen LogP contribution in [0.4, 0.5) is 39.5 Å². The molecule has 4 heterocycles. The number of piperidine rings is 4. The van der Waals surface area contributed by atoms with Crippen LogP contribution in [0.2, 0.25) is 10.0 Å². The lowest BCUT2D eigenvalue weighted by atomic mass is 9.85. The lowest BCUT2D eigenvalue weighted by molar-refractivity contribution is -0.140. The summed E-state index contributed by atoms with van der Waals surface area (Å²) in [5.41, 5.74) is 1.81. The maximum absolute atomic E-state index is 14.0. The van der Waals surface area contributed by atoms with Gasteiger partial charge in [-0.05, 0) is 206 Å². The third-order valence-corrected chi connectivity index (χ3v) is 15.6. The molecule has 4 fully saturated rings. The molecule has 392 valence electrons. The Labute approximate surface area is 426 Å². The van der Waals surface area contributed by atoms with Crippen molar-refractivity contribution in [1.29, 1.82) is 0 Å². The van der Waals surface area contributed by atoms with Gasteiger partial charge in [-0.25, -0.2) is 13.2 Å². The van der Waals surface area contributed by atoms with Gasteiger partial charge in [0.05, 0.1) is 21.2 Å². The second-order valence-corrected chi connectivity index (χ2v) is 19.8. The summed E-state index contributed by atoms with van der Waals surface area (Å²) in [6, 6.07) is 18.4. The number of likely N-dealkylation sites (tertiary alicyclic amines) is 4. The van der Waals surface area contributed by atoms with Crippen molar-refractivity contribution in [3.8, 4) is 0 Å².